The van der Waals surface area contributed by atoms with Crippen LogP contribution in [-0.4, -0.2) is 9.55 Å². The van der Waals surface area contributed by atoms with Gasteiger partial charge in [-0.25, -0.2) is 4.98 Å². The molecule has 1 heterocycles. The van der Waals surface area contributed by atoms with E-state index in [1.807, 2.05) is 43.4 Å². The van der Waals surface area contributed by atoms with Crippen LogP contribution >= 0.6 is 0 Å². The van der Waals surface area contributed by atoms with Crippen molar-refractivity contribution in [3.63, 3.8) is 0 Å². The van der Waals surface area contributed by atoms with Gasteiger partial charge >= 0.3 is 0 Å². The van der Waals surface area contributed by atoms with Crippen LogP contribution in [0.3, 0.4) is 0 Å². The fourth-order valence-electron chi connectivity index (χ4n) is 2.81. The number of hydrogen-bond acceptors (Lipinski definition) is 2. The average molecular weight is 275 g/mol. The second kappa shape index (κ2) is 4.75. The molecule has 0 saturated carbocycles. The fourth-order valence-corrected chi connectivity index (χ4v) is 2.81. The Morgan fingerprint density at radius 2 is 1.81 bits per heavy atom. The highest BCUT2D eigenvalue weighted by Crippen LogP contribution is 2.32. The van der Waals surface area contributed by atoms with Crippen LogP contribution in [0, 0.1) is 11.3 Å². The monoisotopic (exact) mass is 275 g/mol. The van der Waals surface area contributed by atoms with E-state index in [0.29, 0.717) is 5.56 Å². The first-order chi connectivity index (χ1) is 10.0. The Morgan fingerprint density at radius 3 is 2.48 bits per heavy atom. The van der Waals surface area contributed by atoms with Gasteiger partial charge in [0, 0.05) is 12.5 Å². The molecule has 0 unspecified atom stereocenters. The lowest BCUT2D eigenvalue weighted by Crippen LogP contribution is -2.23. The maximum absolute atomic E-state index is 9.03. The summed E-state index contributed by atoms with van der Waals surface area (Å²) in [5, 5.41) is 9.03. The maximum atomic E-state index is 9.03. The van der Waals surface area contributed by atoms with Crippen LogP contribution < -0.4 is 0 Å². The number of fused-ring (bicyclic) bond motifs is 1. The molecular weight excluding hydrogens is 258 g/mol. The second-order valence-corrected chi connectivity index (χ2v) is 5.80. The third-order valence-electron chi connectivity index (χ3n) is 4.06. The molecule has 0 spiro atoms. The highest BCUT2D eigenvalue weighted by Gasteiger charge is 2.28. The molecule has 0 N–H and O–H groups in total. The molecule has 0 aliphatic carbocycles. The summed E-state index contributed by atoms with van der Waals surface area (Å²) in [5.74, 6) is 0.999. The van der Waals surface area contributed by atoms with E-state index in [1.165, 1.54) is 5.56 Å². The van der Waals surface area contributed by atoms with E-state index in [-0.39, 0.29) is 5.41 Å². The molecule has 0 amide bonds. The van der Waals surface area contributed by atoms with Gasteiger partial charge in [-0.15, -0.1) is 0 Å². The highest BCUT2D eigenvalue weighted by atomic mass is 15.1. The van der Waals surface area contributed by atoms with Gasteiger partial charge in [0.2, 0.25) is 0 Å². The van der Waals surface area contributed by atoms with Crippen LogP contribution in [-0.2, 0) is 12.5 Å². The molecule has 21 heavy (non-hydrogen) atoms. The van der Waals surface area contributed by atoms with Gasteiger partial charge < -0.3 is 4.57 Å². The predicted molar refractivity (Wildman–Crippen MR) is 84.0 cm³/mol. The van der Waals surface area contributed by atoms with Gasteiger partial charge in [-0.2, -0.15) is 5.26 Å². The lowest BCUT2D eigenvalue weighted by molar-refractivity contribution is 0.567. The molecule has 0 atom stereocenters. The van der Waals surface area contributed by atoms with E-state index >= 15 is 0 Å². The molecule has 0 aliphatic rings. The van der Waals surface area contributed by atoms with Gasteiger partial charge in [-0.1, -0.05) is 30.3 Å². The minimum absolute atomic E-state index is 0.193. The third-order valence-corrected chi connectivity index (χ3v) is 4.06. The van der Waals surface area contributed by atoms with Crippen LogP contribution in [0.25, 0.3) is 11.0 Å². The van der Waals surface area contributed by atoms with Crippen molar-refractivity contribution in [2.45, 2.75) is 19.3 Å². The van der Waals surface area contributed by atoms with Crippen molar-refractivity contribution < 1.29 is 0 Å². The van der Waals surface area contributed by atoms with Crippen LogP contribution in [0.15, 0.2) is 48.5 Å². The van der Waals surface area contributed by atoms with E-state index in [4.69, 9.17) is 10.2 Å². The van der Waals surface area contributed by atoms with Gasteiger partial charge in [0.25, 0.3) is 0 Å². The second-order valence-electron chi connectivity index (χ2n) is 5.80. The number of nitriles is 1. The first kappa shape index (κ1) is 13.4. The third kappa shape index (κ3) is 2.09. The Bertz CT molecular complexity index is 836. The zero-order valence-corrected chi connectivity index (χ0v) is 12.5. The number of hydrogen-bond donors (Lipinski definition) is 0. The molecular formula is C18H17N3. The van der Waals surface area contributed by atoms with E-state index < -0.39 is 0 Å². The van der Waals surface area contributed by atoms with E-state index in [2.05, 4.69) is 36.6 Å². The number of rotatable bonds is 2. The number of nitrogens with zero attached hydrogens (tertiary/aromatic N) is 3. The molecule has 0 saturated heterocycles. The standard InChI is InChI=1S/C18H17N3/c1-18(2,14-7-5-4-6-8-14)17-20-15-11-13(12-19)9-10-16(15)21(17)3/h4-11H,1-3H3. The first-order valence-electron chi connectivity index (χ1n) is 6.96. The molecule has 0 bridgehead atoms. The summed E-state index contributed by atoms with van der Waals surface area (Å²) in [6.45, 7) is 4.35. The molecule has 1 aromatic heterocycles. The quantitative estimate of drug-likeness (QED) is 0.714. The maximum Gasteiger partial charge on any atom is 0.119 e. The molecule has 2 aromatic carbocycles. The van der Waals surface area contributed by atoms with Crippen LogP contribution in [0.1, 0.15) is 30.8 Å². The van der Waals surface area contributed by atoms with Crippen LogP contribution in [0.5, 0.6) is 0 Å². The lowest BCUT2D eigenvalue weighted by Gasteiger charge is -2.24. The minimum Gasteiger partial charge on any atom is -0.330 e. The molecule has 3 nitrogen and oxygen atoms in total. The summed E-state index contributed by atoms with van der Waals surface area (Å²) in [5.41, 5.74) is 3.60. The normalized spacial score (nSPS) is 11.5. The SMILES string of the molecule is Cn1c(C(C)(C)c2ccccc2)nc2cc(C#N)ccc21. The Morgan fingerprint density at radius 1 is 1.10 bits per heavy atom. The summed E-state index contributed by atoms with van der Waals surface area (Å²) in [6.07, 6.45) is 0. The molecule has 104 valence electrons. The Hall–Kier alpha value is -2.60. The summed E-state index contributed by atoms with van der Waals surface area (Å²) in [7, 11) is 2.03. The van der Waals surface area contributed by atoms with E-state index in [0.717, 1.165) is 16.9 Å². The van der Waals surface area contributed by atoms with Crippen molar-refractivity contribution in [3.8, 4) is 6.07 Å². The topological polar surface area (TPSA) is 41.6 Å². The predicted octanol–water partition coefficient (Wildman–Crippen LogP) is 3.77. The number of benzene rings is 2. The summed E-state index contributed by atoms with van der Waals surface area (Å²) >= 11 is 0. The molecule has 3 rings (SSSR count). The Labute approximate surface area is 124 Å². The first-order valence-corrected chi connectivity index (χ1v) is 6.96. The van der Waals surface area contributed by atoms with Gasteiger partial charge in [0.05, 0.1) is 22.7 Å². The van der Waals surface area contributed by atoms with Crippen molar-refractivity contribution in [1.82, 2.24) is 9.55 Å². The number of aryl methyl sites for hydroxylation is 1. The summed E-state index contributed by atoms with van der Waals surface area (Å²) in [6, 6.07) is 18.2. The smallest absolute Gasteiger partial charge is 0.119 e. The van der Waals surface area contributed by atoms with Gasteiger partial charge in [0.1, 0.15) is 5.82 Å². The van der Waals surface area contributed by atoms with Crippen molar-refractivity contribution in [1.29, 1.82) is 5.26 Å². The van der Waals surface area contributed by atoms with Crippen LogP contribution in [0.2, 0.25) is 0 Å². The fraction of sp³-hybridized carbons (Fsp3) is 0.222. The van der Waals surface area contributed by atoms with Crippen molar-refractivity contribution >= 4 is 11.0 Å². The molecule has 0 aliphatic heterocycles. The minimum atomic E-state index is -0.193. The number of aromatic nitrogens is 2. The average Bonchev–Trinajstić information content (AvgIpc) is 2.85. The van der Waals surface area contributed by atoms with Gasteiger partial charge in [-0.05, 0) is 37.6 Å². The number of imidazole rings is 1. The van der Waals surface area contributed by atoms with Crippen LogP contribution in [0.4, 0.5) is 0 Å². The van der Waals surface area contributed by atoms with Crippen molar-refractivity contribution in [2.75, 3.05) is 0 Å². The molecule has 0 fully saturated rings. The summed E-state index contributed by atoms with van der Waals surface area (Å²) in [4.78, 5) is 4.78. The summed E-state index contributed by atoms with van der Waals surface area (Å²) < 4.78 is 2.11. The molecule has 0 radical (unpaired) electrons. The van der Waals surface area contributed by atoms with E-state index in [9.17, 15) is 0 Å². The zero-order valence-electron chi connectivity index (χ0n) is 12.5. The van der Waals surface area contributed by atoms with Crippen molar-refractivity contribution in [3.05, 3.63) is 65.5 Å². The van der Waals surface area contributed by atoms with E-state index in [1.54, 1.807) is 0 Å². The Balaban J connectivity index is 2.21. The van der Waals surface area contributed by atoms with Gasteiger partial charge in [-0.3, -0.25) is 0 Å². The lowest BCUT2D eigenvalue weighted by atomic mass is 9.84. The Kier molecular flexibility index (Phi) is 3.03. The highest BCUT2D eigenvalue weighted by molar-refractivity contribution is 5.78. The molecule has 3 heteroatoms. The zero-order chi connectivity index (χ0) is 15.0. The largest absolute Gasteiger partial charge is 0.330 e. The van der Waals surface area contributed by atoms with Crippen molar-refractivity contribution in [2.24, 2.45) is 7.05 Å². The molecule has 3 aromatic rings. The van der Waals surface area contributed by atoms with Gasteiger partial charge in [0.15, 0.2) is 0 Å².